The van der Waals surface area contributed by atoms with E-state index in [1.807, 2.05) is 6.92 Å². The summed E-state index contributed by atoms with van der Waals surface area (Å²) >= 11 is 0. The fourth-order valence-electron chi connectivity index (χ4n) is 4.47. The van der Waals surface area contributed by atoms with Crippen molar-refractivity contribution in [2.45, 2.75) is 45.2 Å². The third kappa shape index (κ3) is 3.63. The second-order valence-corrected chi connectivity index (χ2v) is 8.00. The van der Waals surface area contributed by atoms with Crippen LogP contribution in [0, 0.1) is 12.8 Å². The number of rotatable bonds is 3. The highest BCUT2D eigenvalue weighted by molar-refractivity contribution is 5.89. The predicted octanol–water partition coefficient (Wildman–Crippen LogP) is 3.12. The van der Waals surface area contributed by atoms with Crippen LogP contribution in [0.4, 0.5) is 13.2 Å². The SMILES string of the molecule is CCN1C[C@H](C(=O)N2CCC[C@H](c3cc(C(F)(F)F)c4c(C)noc4n3)C2)CC1=O. The van der Waals surface area contributed by atoms with E-state index in [1.165, 1.54) is 6.92 Å². The van der Waals surface area contributed by atoms with Crippen LogP contribution in [0.25, 0.3) is 11.1 Å². The molecule has 2 amide bonds. The number of nitrogens with zero attached hydrogens (tertiary/aromatic N) is 4. The third-order valence-corrected chi connectivity index (χ3v) is 6.04. The summed E-state index contributed by atoms with van der Waals surface area (Å²) in [6.07, 6.45) is -3.10. The number of likely N-dealkylation sites (tertiary alicyclic amines) is 2. The lowest BCUT2D eigenvalue weighted by Gasteiger charge is -2.34. The number of hydrogen-bond donors (Lipinski definition) is 0. The first-order valence-corrected chi connectivity index (χ1v) is 10.1. The molecule has 0 saturated carbocycles. The van der Waals surface area contributed by atoms with Crippen LogP contribution in [0.5, 0.6) is 0 Å². The van der Waals surface area contributed by atoms with Gasteiger partial charge in [0.15, 0.2) is 0 Å². The minimum Gasteiger partial charge on any atom is -0.342 e. The van der Waals surface area contributed by atoms with Gasteiger partial charge in [0.25, 0.3) is 5.71 Å². The zero-order valence-corrected chi connectivity index (χ0v) is 16.8. The number of piperidine rings is 1. The van der Waals surface area contributed by atoms with Gasteiger partial charge in [0.2, 0.25) is 11.8 Å². The number of aromatic nitrogens is 2. The lowest BCUT2D eigenvalue weighted by Crippen LogP contribution is -2.43. The molecule has 4 rings (SSSR count). The second kappa shape index (κ2) is 7.55. The van der Waals surface area contributed by atoms with E-state index in [1.54, 1.807) is 9.80 Å². The molecular formula is C20H23F3N4O3. The number of fused-ring (bicyclic) bond motifs is 1. The van der Waals surface area contributed by atoms with Gasteiger partial charge in [0.05, 0.1) is 28.3 Å². The molecular weight excluding hydrogens is 401 g/mol. The Morgan fingerprint density at radius 3 is 2.77 bits per heavy atom. The molecule has 7 nitrogen and oxygen atoms in total. The summed E-state index contributed by atoms with van der Waals surface area (Å²) in [6.45, 7) is 5.08. The molecule has 2 aliphatic heterocycles. The number of amides is 2. The number of halogens is 3. The highest BCUT2D eigenvalue weighted by Crippen LogP contribution is 2.38. The Labute approximate surface area is 171 Å². The number of carbonyl (C=O) groups is 2. The average molecular weight is 424 g/mol. The zero-order chi connectivity index (χ0) is 21.6. The Morgan fingerprint density at radius 1 is 1.33 bits per heavy atom. The number of aryl methyl sites for hydroxylation is 1. The van der Waals surface area contributed by atoms with E-state index in [4.69, 9.17) is 4.52 Å². The van der Waals surface area contributed by atoms with Crippen molar-refractivity contribution in [3.8, 4) is 0 Å². The molecule has 30 heavy (non-hydrogen) atoms. The fraction of sp³-hybridized carbons (Fsp3) is 0.600. The van der Waals surface area contributed by atoms with Crippen LogP contribution in [-0.2, 0) is 15.8 Å². The van der Waals surface area contributed by atoms with E-state index in [2.05, 4.69) is 10.1 Å². The summed E-state index contributed by atoms with van der Waals surface area (Å²) in [7, 11) is 0. The van der Waals surface area contributed by atoms with E-state index in [9.17, 15) is 22.8 Å². The van der Waals surface area contributed by atoms with E-state index >= 15 is 0 Å². The van der Waals surface area contributed by atoms with Gasteiger partial charge in [-0.3, -0.25) is 9.59 Å². The van der Waals surface area contributed by atoms with Crippen LogP contribution in [0.15, 0.2) is 10.6 Å². The summed E-state index contributed by atoms with van der Waals surface area (Å²) in [6, 6.07) is 1.06. The van der Waals surface area contributed by atoms with Crippen molar-refractivity contribution in [2.75, 3.05) is 26.2 Å². The van der Waals surface area contributed by atoms with Crippen molar-refractivity contribution in [3.63, 3.8) is 0 Å². The Balaban J connectivity index is 1.59. The topological polar surface area (TPSA) is 79.5 Å². The van der Waals surface area contributed by atoms with Gasteiger partial charge in [0, 0.05) is 38.5 Å². The summed E-state index contributed by atoms with van der Waals surface area (Å²) < 4.78 is 45.9. The summed E-state index contributed by atoms with van der Waals surface area (Å²) in [4.78, 5) is 32.5. The molecule has 0 bridgehead atoms. The molecule has 2 aliphatic rings. The van der Waals surface area contributed by atoms with Crippen molar-refractivity contribution in [1.29, 1.82) is 0 Å². The lowest BCUT2D eigenvalue weighted by atomic mass is 9.91. The molecule has 0 aliphatic carbocycles. The molecule has 0 N–H and O–H groups in total. The molecule has 0 radical (unpaired) electrons. The second-order valence-electron chi connectivity index (χ2n) is 8.00. The molecule has 10 heteroatoms. The third-order valence-electron chi connectivity index (χ3n) is 6.04. The smallest absolute Gasteiger partial charge is 0.342 e. The number of carbonyl (C=O) groups excluding carboxylic acids is 2. The van der Waals surface area contributed by atoms with Crippen LogP contribution >= 0.6 is 0 Å². The molecule has 4 heterocycles. The molecule has 2 saturated heterocycles. The maximum Gasteiger partial charge on any atom is 0.417 e. The van der Waals surface area contributed by atoms with E-state index in [-0.39, 0.29) is 53.2 Å². The Bertz CT molecular complexity index is 988. The molecule has 2 fully saturated rings. The Hall–Kier alpha value is -2.65. The standard InChI is InChI=1S/C20H23F3N4O3/c1-3-26-10-13(7-16(26)28)19(29)27-6-4-5-12(9-27)15-8-14(20(21,22)23)17-11(2)25-30-18(17)24-15/h8,12-13H,3-7,9-10H2,1-2H3/t12-,13+/m0/s1. The lowest BCUT2D eigenvalue weighted by molar-refractivity contribution is -0.137. The van der Waals surface area contributed by atoms with Gasteiger partial charge in [-0.25, -0.2) is 4.98 Å². The van der Waals surface area contributed by atoms with Gasteiger partial charge in [-0.2, -0.15) is 13.2 Å². The summed E-state index contributed by atoms with van der Waals surface area (Å²) in [5.41, 5.74) is -0.560. The monoisotopic (exact) mass is 424 g/mol. The highest BCUT2D eigenvalue weighted by atomic mass is 19.4. The van der Waals surface area contributed by atoms with Gasteiger partial charge in [-0.15, -0.1) is 0 Å². The van der Waals surface area contributed by atoms with Crippen molar-refractivity contribution < 1.29 is 27.3 Å². The van der Waals surface area contributed by atoms with E-state index < -0.39 is 17.7 Å². The highest BCUT2D eigenvalue weighted by Gasteiger charge is 2.39. The normalized spacial score (nSPS) is 22.9. The molecule has 162 valence electrons. The molecule has 0 spiro atoms. The van der Waals surface area contributed by atoms with Gasteiger partial charge >= 0.3 is 6.18 Å². The summed E-state index contributed by atoms with van der Waals surface area (Å²) in [5.74, 6) is -0.879. The molecule has 2 aromatic rings. The summed E-state index contributed by atoms with van der Waals surface area (Å²) in [5, 5.41) is 3.51. The number of hydrogen-bond acceptors (Lipinski definition) is 5. The number of pyridine rings is 1. The van der Waals surface area contributed by atoms with Crippen LogP contribution < -0.4 is 0 Å². The molecule has 2 aromatic heterocycles. The maximum atomic E-state index is 13.6. The van der Waals surface area contributed by atoms with Crippen LogP contribution in [0.3, 0.4) is 0 Å². The predicted molar refractivity (Wildman–Crippen MR) is 100 cm³/mol. The Kier molecular flexibility index (Phi) is 5.19. The molecule has 0 unspecified atom stereocenters. The minimum atomic E-state index is -4.57. The van der Waals surface area contributed by atoms with Gasteiger partial charge in [-0.05, 0) is 32.8 Å². The maximum absolute atomic E-state index is 13.6. The van der Waals surface area contributed by atoms with Gasteiger partial charge < -0.3 is 14.3 Å². The van der Waals surface area contributed by atoms with E-state index in [0.29, 0.717) is 32.5 Å². The fourth-order valence-corrected chi connectivity index (χ4v) is 4.47. The van der Waals surface area contributed by atoms with Crippen LogP contribution in [0.1, 0.15) is 49.1 Å². The quantitative estimate of drug-likeness (QED) is 0.757. The first-order chi connectivity index (χ1) is 14.2. The van der Waals surface area contributed by atoms with Crippen molar-refractivity contribution in [3.05, 3.63) is 23.0 Å². The van der Waals surface area contributed by atoms with Crippen molar-refractivity contribution in [2.24, 2.45) is 5.92 Å². The number of alkyl halides is 3. The molecule has 0 aromatic carbocycles. The van der Waals surface area contributed by atoms with Crippen molar-refractivity contribution in [1.82, 2.24) is 19.9 Å². The largest absolute Gasteiger partial charge is 0.417 e. The first-order valence-electron chi connectivity index (χ1n) is 10.1. The first kappa shape index (κ1) is 20.6. The van der Waals surface area contributed by atoms with Gasteiger partial charge in [0.1, 0.15) is 0 Å². The van der Waals surface area contributed by atoms with Crippen molar-refractivity contribution >= 4 is 22.9 Å². The minimum absolute atomic E-state index is 0.0352. The zero-order valence-electron chi connectivity index (χ0n) is 16.8. The van der Waals surface area contributed by atoms with Crippen LogP contribution in [-0.4, -0.2) is 57.9 Å². The van der Waals surface area contributed by atoms with E-state index in [0.717, 1.165) is 6.07 Å². The molecule has 2 atom stereocenters. The van der Waals surface area contributed by atoms with Gasteiger partial charge in [-0.1, -0.05) is 5.16 Å². The average Bonchev–Trinajstić information content (AvgIpc) is 3.28. The van der Waals surface area contributed by atoms with Crippen LogP contribution in [0.2, 0.25) is 0 Å². The Morgan fingerprint density at radius 2 is 2.10 bits per heavy atom.